The number of ether oxygens (including phenoxy) is 2. The maximum Gasteiger partial charge on any atom is 0.339 e. The van der Waals surface area contributed by atoms with E-state index in [1.165, 1.54) is 48.5 Å². The molecule has 0 aliphatic carbocycles. The average Bonchev–Trinajstić information content (AvgIpc) is 2.95. The van der Waals surface area contributed by atoms with E-state index in [0.29, 0.717) is 22.3 Å². The third-order valence-corrected chi connectivity index (χ3v) is 5.62. The van der Waals surface area contributed by atoms with Crippen LogP contribution in [0.3, 0.4) is 0 Å². The first-order chi connectivity index (χ1) is 18.3. The number of carbonyl (C=O) groups is 2. The van der Waals surface area contributed by atoms with E-state index in [1.807, 2.05) is 0 Å². The van der Waals surface area contributed by atoms with Crippen LogP contribution in [0.2, 0.25) is 0 Å². The van der Waals surface area contributed by atoms with Gasteiger partial charge in [-0.25, -0.2) is 9.59 Å². The van der Waals surface area contributed by atoms with Gasteiger partial charge in [-0.3, -0.25) is 20.2 Å². The summed E-state index contributed by atoms with van der Waals surface area (Å²) in [5.74, 6) is -1.26. The van der Waals surface area contributed by atoms with Crippen LogP contribution < -0.4 is 0 Å². The summed E-state index contributed by atoms with van der Waals surface area (Å²) in [6.07, 6.45) is 0. The normalized spacial score (nSPS) is 10.4. The number of esters is 2. The zero-order valence-electron chi connectivity index (χ0n) is 19.8. The number of carbonyl (C=O) groups excluding carboxylic acids is 2. The molecule has 0 unspecified atom stereocenters. The van der Waals surface area contributed by atoms with Gasteiger partial charge < -0.3 is 9.47 Å². The summed E-state index contributed by atoms with van der Waals surface area (Å²) in [5.41, 5.74) is 2.40. The first-order valence-electron chi connectivity index (χ1n) is 11.3. The van der Waals surface area contributed by atoms with Crippen molar-refractivity contribution in [3.63, 3.8) is 0 Å². The largest absolute Gasteiger partial charge is 0.457 e. The van der Waals surface area contributed by atoms with Crippen LogP contribution in [0.4, 0.5) is 11.4 Å². The van der Waals surface area contributed by atoms with Gasteiger partial charge in [0, 0.05) is 24.3 Å². The lowest BCUT2D eigenvalue weighted by Crippen LogP contribution is -2.10. The van der Waals surface area contributed by atoms with E-state index in [-0.39, 0.29) is 35.7 Å². The predicted molar refractivity (Wildman–Crippen MR) is 136 cm³/mol. The summed E-state index contributed by atoms with van der Waals surface area (Å²) < 4.78 is 10.9. The summed E-state index contributed by atoms with van der Waals surface area (Å²) in [4.78, 5) is 46.5. The molecule has 0 N–H and O–H groups in total. The Morgan fingerprint density at radius 2 is 0.895 bits per heavy atom. The molecule has 10 heteroatoms. The first-order valence-corrected chi connectivity index (χ1v) is 11.3. The molecule has 0 amide bonds. The minimum atomic E-state index is -0.631. The van der Waals surface area contributed by atoms with Crippen LogP contribution in [0.5, 0.6) is 0 Å². The van der Waals surface area contributed by atoms with E-state index < -0.39 is 21.8 Å². The molecule has 10 nitrogen and oxygen atoms in total. The molecule has 0 heterocycles. The van der Waals surface area contributed by atoms with Crippen LogP contribution in [-0.2, 0) is 22.7 Å². The molecule has 0 aliphatic heterocycles. The Labute approximate surface area is 216 Å². The Kier molecular flexibility index (Phi) is 7.83. The summed E-state index contributed by atoms with van der Waals surface area (Å²) in [5, 5.41) is 21.6. The van der Waals surface area contributed by atoms with Gasteiger partial charge in [-0.05, 0) is 58.7 Å². The molecule has 4 aromatic rings. The zero-order valence-corrected chi connectivity index (χ0v) is 19.8. The second kappa shape index (κ2) is 11.6. The van der Waals surface area contributed by atoms with Crippen LogP contribution in [0.1, 0.15) is 31.8 Å². The van der Waals surface area contributed by atoms with Crippen LogP contribution >= 0.6 is 0 Å². The lowest BCUT2D eigenvalue weighted by atomic mass is 9.95. The van der Waals surface area contributed by atoms with Gasteiger partial charge in [0.25, 0.3) is 11.4 Å². The molecule has 0 atom stereocenters. The molecule has 4 rings (SSSR count). The van der Waals surface area contributed by atoms with Gasteiger partial charge in [0.1, 0.15) is 13.2 Å². The molecule has 4 aromatic carbocycles. The van der Waals surface area contributed by atoms with E-state index in [0.717, 1.165) is 0 Å². The van der Waals surface area contributed by atoms with Gasteiger partial charge in [-0.15, -0.1) is 0 Å². The van der Waals surface area contributed by atoms with Crippen molar-refractivity contribution < 1.29 is 28.9 Å². The monoisotopic (exact) mass is 512 g/mol. The predicted octanol–water partition coefficient (Wildman–Crippen LogP) is 5.88. The van der Waals surface area contributed by atoms with E-state index >= 15 is 0 Å². The topological polar surface area (TPSA) is 139 Å². The van der Waals surface area contributed by atoms with Gasteiger partial charge in [0.15, 0.2) is 0 Å². The maximum atomic E-state index is 13.0. The van der Waals surface area contributed by atoms with Crippen molar-refractivity contribution in [3.05, 3.63) is 140 Å². The molecule has 0 bridgehead atoms. The van der Waals surface area contributed by atoms with Gasteiger partial charge in [0.05, 0.1) is 21.0 Å². The SMILES string of the molecule is O=C(OCc1ccc([N+](=O)[O-])cc1)c1ccccc1-c1ccccc1C(=O)OCc1ccc([N+](=O)[O-])cc1. The third kappa shape index (κ3) is 6.05. The average molecular weight is 512 g/mol. The van der Waals surface area contributed by atoms with Crippen molar-refractivity contribution in [3.8, 4) is 11.1 Å². The van der Waals surface area contributed by atoms with Crippen LogP contribution in [0, 0.1) is 20.2 Å². The summed E-state index contributed by atoms with van der Waals surface area (Å²) in [7, 11) is 0. The molecule has 0 saturated carbocycles. The standard InChI is InChI=1S/C28H20N2O8/c31-27(37-17-19-9-13-21(14-10-19)29(33)34)25-7-3-1-5-23(25)24-6-2-4-8-26(24)28(32)38-18-20-11-15-22(16-12-20)30(35)36/h1-16H,17-18H2. The van der Waals surface area contributed by atoms with E-state index in [1.54, 1.807) is 48.5 Å². The van der Waals surface area contributed by atoms with Gasteiger partial charge in [0.2, 0.25) is 0 Å². The lowest BCUT2D eigenvalue weighted by molar-refractivity contribution is -0.385. The van der Waals surface area contributed by atoms with Gasteiger partial charge in [-0.1, -0.05) is 36.4 Å². The summed E-state index contributed by atoms with van der Waals surface area (Å²) in [6, 6.07) is 24.7. The molecule has 0 aliphatic rings. The highest BCUT2D eigenvalue weighted by Crippen LogP contribution is 2.29. The molecular weight excluding hydrogens is 492 g/mol. The quantitative estimate of drug-likeness (QED) is 0.154. The minimum absolute atomic E-state index is 0.0671. The maximum absolute atomic E-state index is 13.0. The number of benzene rings is 4. The Hall–Kier alpha value is -5.38. The van der Waals surface area contributed by atoms with E-state index in [9.17, 15) is 29.8 Å². The van der Waals surface area contributed by atoms with Crippen molar-refractivity contribution in [2.45, 2.75) is 13.2 Å². The fourth-order valence-electron chi connectivity index (χ4n) is 3.67. The number of nitrogens with zero attached hydrogens (tertiary/aromatic N) is 2. The number of hydrogen-bond donors (Lipinski definition) is 0. The highest BCUT2D eigenvalue weighted by Gasteiger charge is 2.20. The third-order valence-electron chi connectivity index (χ3n) is 5.62. The number of rotatable bonds is 9. The van der Waals surface area contributed by atoms with Gasteiger partial charge in [-0.2, -0.15) is 0 Å². The molecule has 38 heavy (non-hydrogen) atoms. The first kappa shape index (κ1) is 25.7. The molecule has 190 valence electrons. The van der Waals surface area contributed by atoms with Crippen molar-refractivity contribution in [2.75, 3.05) is 0 Å². The number of nitro groups is 2. The van der Waals surface area contributed by atoms with Crippen LogP contribution in [0.15, 0.2) is 97.1 Å². The van der Waals surface area contributed by atoms with Crippen molar-refractivity contribution >= 4 is 23.3 Å². The van der Waals surface area contributed by atoms with Crippen molar-refractivity contribution in [2.24, 2.45) is 0 Å². The van der Waals surface area contributed by atoms with Crippen LogP contribution in [-0.4, -0.2) is 21.8 Å². The summed E-state index contributed by atoms with van der Waals surface area (Å²) in [6.45, 7) is -0.186. The fourth-order valence-corrected chi connectivity index (χ4v) is 3.67. The second-order valence-electron chi connectivity index (χ2n) is 8.09. The Morgan fingerprint density at radius 1 is 0.553 bits per heavy atom. The Morgan fingerprint density at radius 3 is 1.24 bits per heavy atom. The highest BCUT2D eigenvalue weighted by molar-refractivity contribution is 6.03. The number of hydrogen-bond acceptors (Lipinski definition) is 8. The van der Waals surface area contributed by atoms with E-state index in [4.69, 9.17) is 9.47 Å². The Balaban J connectivity index is 1.50. The van der Waals surface area contributed by atoms with E-state index in [2.05, 4.69) is 0 Å². The fraction of sp³-hybridized carbons (Fsp3) is 0.0714. The lowest BCUT2D eigenvalue weighted by Gasteiger charge is -2.13. The second-order valence-corrected chi connectivity index (χ2v) is 8.09. The molecule has 0 aromatic heterocycles. The number of nitro benzene ring substituents is 2. The highest BCUT2D eigenvalue weighted by atomic mass is 16.6. The number of non-ortho nitro benzene ring substituents is 2. The molecule has 0 saturated heterocycles. The van der Waals surface area contributed by atoms with Crippen molar-refractivity contribution in [1.82, 2.24) is 0 Å². The minimum Gasteiger partial charge on any atom is -0.457 e. The van der Waals surface area contributed by atoms with Crippen molar-refractivity contribution in [1.29, 1.82) is 0 Å². The molecular formula is C28H20N2O8. The van der Waals surface area contributed by atoms with Crippen LogP contribution in [0.25, 0.3) is 11.1 Å². The van der Waals surface area contributed by atoms with Gasteiger partial charge >= 0.3 is 11.9 Å². The smallest absolute Gasteiger partial charge is 0.339 e. The molecule has 0 spiro atoms. The molecule has 0 radical (unpaired) electrons. The zero-order chi connectivity index (χ0) is 27.1. The summed E-state index contributed by atoms with van der Waals surface area (Å²) >= 11 is 0. The molecule has 0 fully saturated rings. The Bertz CT molecular complexity index is 1380.